The highest BCUT2D eigenvalue weighted by Crippen LogP contribution is 2.19. The monoisotopic (exact) mass is 186 g/mol. The van der Waals surface area contributed by atoms with Gasteiger partial charge in [0.2, 0.25) is 0 Å². The van der Waals surface area contributed by atoms with Crippen LogP contribution in [0, 0.1) is 5.92 Å². The highest BCUT2D eigenvalue weighted by Gasteiger charge is 2.30. The van der Waals surface area contributed by atoms with Crippen molar-refractivity contribution in [2.75, 3.05) is 0 Å². The Hall–Kier alpha value is -0.610. The quantitative estimate of drug-likeness (QED) is 0.559. The number of rotatable bonds is 4. The molecule has 4 heteroatoms. The molecule has 0 aromatic heterocycles. The Kier molecular flexibility index (Phi) is 3.27. The van der Waals surface area contributed by atoms with E-state index in [1.807, 2.05) is 13.8 Å². The smallest absolute Gasteiger partial charge is 0.250 e. The minimum Gasteiger partial charge on any atom is -0.382 e. The summed E-state index contributed by atoms with van der Waals surface area (Å²) in [6.45, 7) is 3.77. The zero-order chi connectivity index (χ0) is 10.0. The van der Waals surface area contributed by atoms with Gasteiger partial charge in [0.1, 0.15) is 6.10 Å². The number of amides is 1. The lowest BCUT2D eigenvalue weighted by molar-refractivity contribution is -0.131. The number of aliphatic hydroxyl groups is 1. The van der Waals surface area contributed by atoms with Crippen LogP contribution in [0.3, 0.4) is 0 Å². The van der Waals surface area contributed by atoms with Crippen LogP contribution in [0.4, 0.5) is 0 Å². The molecular formula is C9H18N2O2. The van der Waals surface area contributed by atoms with Gasteiger partial charge in [0.15, 0.2) is 0 Å². The zero-order valence-electron chi connectivity index (χ0n) is 8.16. The molecule has 76 valence electrons. The molecule has 0 aliphatic heterocycles. The van der Waals surface area contributed by atoms with Crippen LogP contribution in [0.5, 0.6) is 0 Å². The molecule has 1 amide bonds. The van der Waals surface area contributed by atoms with Crippen LogP contribution in [-0.4, -0.2) is 29.2 Å². The minimum atomic E-state index is -1.07. The summed E-state index contributed by atoms with van der Waals surface area (Å²) < 4.78 is 0. The summed E-state index contributed by atoms with van der Waals surface area (Å²) >= 11 is 0. The average molecular weight is 186 g/mol. The maximum atomic E-state index is 11.3. The first-order valence-corrected chi connectivity index (χ1v) is 4.76. The molecule has 4 N–H and O–H groups in total. The third-order valence-electron chi connectivity index (χ3n) is 2.33. The Morgan fingerprint density at radius 3 is 2.46 bits per heavy atom. The summed E-state index contributed by atoms with van der Waals surface area (Å²) in [6.07, 6.45) is 0.977. The van der Waals surface area contributed by atoms with Gasteiger partial charge in [0, 0.05) is 12.1 Å². The normalized spacial score (nSPS) is 21.3. The van der Waals surface area contributed by atoms with E-state index in [1.54, 1.807) is 0 Å². The van der Waals surface area contributed by atoms with Gasteiger partial charge in [-0.15, -0.1) is 0 Å². The van der Waals surface area contributed by atoms with E-state index in [4.69, 9.17) is 5.73 Å². The van der Waals surface area contributed by atoms with Crippen molar-refractivity contribution in [1.82, 2.24) is 5.32 Å². The highest BCUT2D eigenvalue weighted by atomic mass is 16.3. The molecule has 1 aliphatic rings. The molecule has 13 heavy (non-hydrogen) atoms. The predicted molar refractivity (Wildman–Crippen MR) is 50.0 cm³/mol. The Morgan fingerprint density at radius 2 is 2.08 bits per heavy atom. The second kappa shape index (κ2) is 4.07. The van der Waals surface area contributed by atoms with Crippen molar-refractivity contribution in [1.29, 1.82) is 0 Å². The average Bonchev–Trinajstić information content (AvgIpc) is 2.85. The van der Waals surface area contributed by atoms with Gasteiger partial charge in [-0.05, 0) is 18.8 Å². The Bertz CT molecular complexity index is 190. The van der Waals surface area contributed by atoms with Gasteiger partial charge in [-0.25, -0.2) is 0 Å². The zero-order valence-corrected chi connectivity index (χ0v) is 8.16. The van der Waals surface area contributed by atoms with Crippen molar-refractivity contribution in [3.8, 4) is 0 Å². The van der Waals surface area contributed by atoms with Crippen molar-refractivity contribution in [2.24, 2.45) is 11.7 Å². The highest BCUT2D eigenvalue weighted by molar-refractivity contribution is 5.81. The largest absolute Gasteiger partial charge is 0.382 e. The lowest BCUT2D eigenvalue weighted by Crippen LogP contribution is -2.49. The Balaban J connectivity index is 2.35. The Morgan fingerprint density at radius 1 is 1.54 bits per heavy atom. The van der Waals surface area contributed by atoms with E-state index >= 15 is 0 Å². The van der Waals surface area contributed by atoms with E-state index in [-0.39, 0.29) is 17.9 Å². The number of aliphatic hydroxyl groups excluding tert-OH is 1. The SMILES string of the molecule is CC(C)[C@@H](N)[C@H](O)C(=O)NC1CC1. The third-order valence-corrected chi connectivity index (χ3v) is 2.33. The maximum absolute atomic E-state index is 11.3. The number of carbonyl (C=O) groups is 1. The molecule has 0 radical (unpaired) electrons. The fourth-order valence-electron chi connectivity index (χ4n) is 1.05. The second-order valence-corrected chi connectivity index (χ2v) is 4.05. The molecule has 0 unspecified atom stereocenters. The molecule has 0 aromatic rings. The van der Waals surface area contributed by atoms with Crippen molar-refractivity contribution in [3.63, 3.8) is 0 Å². The van der Waals surface area contributed by atoms with E-state index in [0.29, 0.717) is 0 Å². The fourth-order valence-corrected chi connectivity index (χ4v) is 1.05. The van der Waals surface area contributed by atoms with Gasteiger partial charge in [0.25, 0.3) is 5.91 Å². The van der Waals surface area contributed by atoms with Gasteiger partial charge in [-0.3, -0.25) is 4.79 Å². The molecule has 1 rings (SSSR count). The van der Waals surface area contributed by atoms with Gasteiger partial charge in [0.05, 0.1) is 0 Å². The summed E-state index contributed by atoms with van der Waals surface area (Å²) in [5.74, 6) is -0.219. The standard InChI is InChI=1S/C9H18N2O2/c1-5(2)7(10)8(12)9(13)11-6-3-4-6/h5-8,12H,3-4,10H2,1-2H3,(H,11,13)/t7-,8+/m1/s1. The van der Waals surface area contributed by atoms with E-state index < -0.39 is 12.1 Å². The van der Waals surface area contributed by atoms with Crippen LogP contribution in [0.25, 0.3) is 0 Å². The molecule has 2 atom stereocenters. The van der Waals surface area contributed by atoms with Crippen molar-refractivity contribution < 1.29 is 9.90 Å². The summed E-state index contributed by atoms with van der Waals surface area (Å²) in [5.41, 5.74) is 5.65. The maximum Gasteiger partial charge on any atom is 0.250 e. The molecule has 4 nitrogen and oxygen atoms in total. The second-order valence-electron chi connectivity index (χ2n) is 4.05. The summed E-state index contributed by atoms with van der Waals surface area (Å²) in [7, 11) is 0. The van der Waals surface area contributed by atoms with Gasteiger partial charge >= 0.3 is 0 Å². The fraction of sp³-hybridized carbons (Fsp3) is 0.889. The minimum absolute atomic E-state index is 0.111. The molecule has 0 saturated heterocycles. The van der Waals surface area contributed by atoms with Crippen LogP contribution in [-0.2, 0) is 4.79 Å². The Labute approximate surface area is 78.5 Å². The lowest BCUT2D eigenvalue weighted by Gasteiger charge is -2.21. The van der Waals surface area contributed by atoms with Crippen molar-refractivity contribution >= 4 is 5.91 Å². The summed E-state index contributed by atoms with van der Waals surface area (Å²) in [4.78, 5) is 11.3. The van der Waals surface area contributed by atoms with Crippen LogP contribution in [0.15, 0.2) is 0 Å². The molecule has 0 heterocycles. The first-order chi connectivity index (χ1) is 6.02. The first kappa shape index (κ1) is 10.5. The van der Waals surface area contributed by atoms with Crippen LogP contribution in [0.1, 0.15) is 26.7 Å². The van der Waals surface area contributed by atoms with E-state index in [2.05, 4.69) is 5.32 Å². The van der Waals surface area contributed by atoms with Crippen LogP contribution in [0.2, 0.25) is 0 Å². The number of hydrogen-bond acceptors (Lipinski definition) is 3. The van der Waals surface area contributed by atoms with Gasteiger partial charge in [-0.1, -0.05) is 13.8 Å². The molecule has 1 saturated carbocycles. The summed E-state index contributed by atoms with van der Waals surface area (Å²) in [5, 5.41) is 12.2. The molecule has 1 aliphatic carbocycles. The number of nitrogens with one attached hydrogen (secondary N) is 1. The number of nitrogens with two attached hydrogens (primary N) is 1. The van der Waals surface area contributed by atoms with Crippen molar-refractivity contribution in [3.05, 3.63) is 0 Å². The molecule has 0 spiro atoms. The molecule has 0 aromatic carbocycles. The van der Waals surface area contributed by atoms with Crippen LogP contribution >= 0.6 is 0 Å². The number of carbonyl (C=O) groups excluding carboxylic acids is 1. The van der Waals surface area contributed by atoms with E-state index in [9.17, 15) is 9.90 Å². The first-order valence-electron chi connectivity index (χ1n) is 4.76. The predicted octanol–water partition coefficient (Wildman–Crippen LogP) is -0.391. The molecule has 0 bridgehead atoms. The van der Waals surface area contributed by atoms with Gasteiger partial charge < -0.3 is 16.2 Å². The molecule has 1 fully saturated rings. The number of hydrogen-bond donors (Lipinski definition) is 3. The van der Waals surface area contributed by atoms with Gasteiger partial charge in [-0.2, -0.15) is 0 Å². The summed E-state index contributed by atoms with van der Waals surface area (Å²) in [6, 6.07) is -0.194. The van der Waals surface area contributed by atoms with Crippen molar-refractivity contribution in [2.45, 2.75) is 44.9 Å². The van der Waals surface area contributed by atoms with E-state index in [1.165, 1.54) is 0 Å². The van der Waals surface area contributed by atoms with E-state index in [0.717, 1.165) is 12.8 Å². The lowest BCUT2D eigenvalue weighted by atomic mass is 9.99. The van der Waals surface area contributed by atoms with Crippen LogP contribution < -0.4 is 11.1 Å². The third kappa shape index (κ3) is 2.97. The topological polar surface area (TPSA) is 75.3 Å². The molecular weight excluding hydrogens is 168 g/mol.